The Morgan fingerprint density at radius 3 is 2.70 bits per heavy atom. The van der Waals surface area contributed by atoms with Gasteiger partial charge in [0.25, 0.3) is 5.91 Å². The van der Waals surface area contributed by atoms with Crippen LogP contribution < -0.4 is 4.90 Å². The summed E-state index contributed by atoms with van der Waals surface area (Å²) in [6, 6.07) is 5.86. The first-order chi connectivity index (χ1) is 15.9. The largest absolute Gasteiger partial charge is 0.330 e. The summed E-state index contributed by atoms with van der Waals surface area (Å²) in [4.78, 5) is 43.3. The lowest BCUT2D eigenvalue weighted by molar-refractivity contribution is -0.119. The van der Waals surface area contributed by atoms with Crippen LogP contribution in [0.5, 0.6) is 0 Å². The van der Waals surface area contributed by atoms with E-state index in [2.05, 4.69) is 4.98 Å². The Labute approximate surface area is 191 Å². The minimum Gasteiger partial charge on any atom is -0.330 e. The number of aryl methyl sites for hydroxylation is 2. The van der Waals surface area contributed by atoms with Gasteiger partial charge in [-0.2, -0.15) is 0 Å². The summed E-state index contributed by atoms with van der Waals surface area (Å²) >= 11 is 0. The maximum absolute atomic E-state index is 13.3. The molecule has 2 aromatic heterocycles. The summed E-state index contributed by atoms with van der Waals surface area (Å²) in [5, 5.41) is 0. The number of hydrogen-bond acceptors (Lipinski definition) is 5. The van der Waals surface area contributed by atoms with Crippen LogP contribution in [-0.2, 0) is 24.8 Å². The van der Waals surface area contributed by atoms with E-state index >= 15 is 0 Å². The first kappa shape index (κ1) is 21.2. The van der Waals surface area contributed by atoms with Crippen molar-refractivity contribution >= 4 is 17.6 Å². The zero-order valence-electron chi connectivity index (χ0n) is 18.7. The van der Waals surface area contributed by atoms with Gasteiger partial charge in [-0.3, -0.25) is 14.5 Å². The third-order valence-corrected chi connectivity index (χ3v) is 6.43. The van der Waals surface area contributed by atoms with Gasteiger partial charge in [0.1, 0.15) is 11.6 Å². The van der Waals surface area contributed by atoms with Crippen LogP contribution in [0, 0.1) is 12.7 Å². The van der Waals surface area contributed by atoms with Crippen LogP contribution in [0.3, 0.4) is 0 Å². The standard InChI is InChI=1S/C24H25FN6O2/c1-15-18-9-10-20(32)31(14-16-5-7-17(25)8-6-16)22(18)28-21(27-15)19-4-3-12-30(19)24(33)23-26-11-13-29(23)2/h5-8,11,13,19H,3-4,9-10,12,14H2,1-2H3. The van der Waals surface area contributed by atoms with E-state index in [0.29, 0.717) is 43.4 Å². The Morgan fingerprint density at radius 1 is 1.18 bits per heavy atom. The number of amides is 2. The fraction of sp³-hybridized carbons (Fsp3) is 0.375. The Balaban J connectivity index is 1.50. The van der Waals surface area contributed by atoms with Crippen molar-refractivity contribution in [3.05, 3.63) is 70.9 Å². The summed E-state index contributed by atoms with van der Waals surface area (Å²) in [5.74, 6) is 1.03. The van der Waals surface area contributed by atoms with Crippen LogP contribution in [0.4, 0.5) is 10.2 Å². The van der Waals surface area contributed by atoms with E-state index in [-0.39, 0.29) is 23.7 Å². The van der Waals surface area contributed by atoms with Crippen LogP contribution in [0.25, 0.3) is 0 Å². The molecule has 2 amide bonds. The van der Waals surface area contributed by atoms with Crippen molar-refractivity contribution in [2.24, 2.45) is 7.05 Å². The van der Waals surface area contributed by atoms with Crippen molar-refractivity contribution in [3.8, 4) is 0 Å². The minimum atomic E-state index is -0.316. The lowest BCUT2D eigenvalue weighted by Gasteiger charge is -2.31. The van der Waals surface area contributed by atoms with Gasteiger partial charge in [0.15, 0.2) is 11.6 Å². The summed E-state index contributed by atoms with van der Waals surface area (Å²) in [5.41, 5.74) is 2.59. The molecule has 3 aromatic rings. The molecule has 0 N–H and O–H groups in total. The van der Waals surface area contributed by atoms with Crippen LogP contribution >= 0.6 is 0 Å². The number of nitrogens with zero attached hydrogens (tertiary/aromatic N) is 6. The van der Waals surface area contributed by atoms with Gasteiger partial charge in [0, 0.05) is 43.7 Å². The normalized spacial score (nSPS) is 18.0. The van der Waals surface area contributed by atoms with Crippen molar-refractivity contribution in [2.75, 3.05) is 11.4 Å². The molecule has 2 aliphatic rings. The van der Waals surface area contributed by atoms with Crippen molar-refractivity contribution in [1.29, 1.82) is 0 Å². The lowest BCUT2D eigenvalue weighted by atomic mass is 10.0. The number of fused-ring (bicyclic) bond motifs is 1. The molecule has 0 saturated carbocycles. The average Bonchev–Trinajstić information content (AvgIpc) is 3.46. The number of anilines is 1. The number of benzene rings is 1. The minimum absolute atomic E-state index is 0.0248. The highest BCUT2D eigenvalue weighted by atomic mass is 19.1. The predicted molar refractivity (Wildman–Crippen MR) is 119 cm³/mol. The highest BCUT2D eigenvalue weighted by Crippen LogP contribution is 2.35. The highest BCUT2D eigenvalue weighted by molar-refractivity contribution is 5.95. The molecule has 2 aliphatic heterocycles. The van der Waals surface area contributed by atoms with Crippen LogP contribution in [-0.4, -0.2) is 42.8 Å². The summed E-state index contributed by atoms with van der Waals surface area (Å²) in [7, 11) is 1.80. The van der Waals surface area contributed by atoms with Gasteiger partial charge in [-0.25, -0.2) is 19.3 Å². The Bertz CT molecular complexity index is 1220. The fourth-order valence-corrected chi connectivity index (χ4v) is 4.67. The van der Waals surface area contributed by atoms with Crippen molar-refractivity contribution in [1.82, 2.24) is 24.4 Å². The van der Waals surface area contributed by atoms with Crippen molar-refractivity contribution < 1.29 is 14.0 Å². The number of carbonyl (C=O) groups is 2. The number of rotatable bonds is 4. The molecule has 1 unspecified atom stereocenters. The average molecular weight is 449 g/mol. The van der Waals surface area contributed by atoms with E-state index in [1.165, 1.54) is 12.1 Å². The molecule has 9 heteroatoms. The molecule has 33 heavy (non-hydrogen) atoms. The van der Waals surface area contributed by atoms with Gasteiger partial charge in [0.2, 0.25) is 5.91 Å². The molecule has 8 nitrogen and oxygen atoms in total. The van der Waals surface area contributed by atoms with E-state index in [1.54, 1.807) is 45.9 Å². The van der Waals surface area contributed by atoms with E-state index in [4.69, 9.17) is 9.97 Å². The van der Waals surface area contributed by atoms with Crippen LogP contribution in [0.1, 0.15) is 58.6 Å². The molecular weight excluding hydrogens is 423 g/mol. The number of aromatic nitrogens is 4. The first-order valence-corrected chi connectivity index (χ1v) is 11.1. The van der Waals surface area contributed by atoms with E-state index in [0.717, 1.165) is 29.7 Å². The highest BCUT2D eigenvalue weighted by Gasteiger charge is 2.36. The van der Waals surface area contributed by atoms with Crippen LogP contribution in [0.15, 0.2) is 36.7 Å². The number of hydrogen-bond donors (Lipinski definition) is 0. The second kappa shape index (κ2) is 8.38. The second-order valence-corrected chi connectivity index (χ2v) is 8.59. The predicted octanol–water partition coefficient (Wildman–Crippen LogP) is 3.11. The van der Waals surface area contributed by atoms with E-state index in [1.807, 2.05) is 6.92 Å². The van der Waals surface area contributed by atoms with Gasteiger partial charge in [-0.15, -0.1) is 0 Å². The third-order valence-electron chi connectivity index (χ3n) is 6.43. The topological polar surface area (TPSA) is 84.2 Å². The van der Waals surface area contributed by atoms with Gasteiger partial charge in [-0.1, -0.05) is 12.1 Å². The fourth-order valence-electron chi connectivity index (χ4n) is 4.67. The molecule has 1 saturated heterocycles. The molecular formula is C24H25FN6O2. The summed E-state index contributed by atoms with van der Waals surface area (Å²) in [6.07, 6.45) is 5.91. The first-order valence-electron chi connectivity index (χ1n) is 11.1. The molecule has 1 aromatic carbocycles. The lowest BCUT2D eigenvalue weighted by Crippen LogP contribution is -2.37. The monoisotopic (exact) mass is 448 g/mol. The smallest absolute Gasteiger partial charge is 0.290 e. The number of imidazole rings is 1. The molecule has 0 radical (unpaired) electrons. The number of halogens is 1. The van der Waals surface area contributed by atoms with Gasteiger partial charge < -0.3 is 9.47 Å². The quantitative estimate of drug-likeness (QED) is 0.612. The number of likely N-dealkylation sites (tertiary alicyclic amines) is 1. The van der Waals surface area contributed by atoms with Gasteiger partial charge in [-0.05, 0) is 43.9 Å². The molecule has 0 aliphatic carbocycles. The molecule has 5 rings (SSSR count). The van der Waals surface area contributed by atoms with Crippen molar-refractivity contribution in [3.63, 3.8) is 0 Å². The molecule has 1 atom stereocenters. The zero-order valence-corrected chi connectivity index (χ0v) is 18.7. The zero-order chi connectivity index (χ0) is 23.1. The Kier molecular flexibility index (Phi) is 5.39. The SMILES string of the molecule is Cc1nc(C2CCCN2C(=O)c2nccn2C)nc2c1CCC(=O)N2Cc1ccc(F)cc1. The van der Waals surface area contributed by atoms with E-state index < -0.39 is 0 Å². The molecule has 170 valence electrons. The summed E-state index contributed by atoms with van der Waals surface area (Å²) in [6.45, 7) is 2.84. The Hall–Kier alpha value is -3.62. The second-order valence-electron chi connectivity index (χ2n) is 8.59. The van der Waals surface area contributed by atoms with Gasteiger partial charge in [0.05, 0.1) is 12.6 Å². The molecule has 0 bridgehead atoms. The maximum atomic E-state index is 13.3. The van der Waals surface area contributed by atoms with E-state index in [9.17, 15) is 14.0 Å². The molecule has 4 heterocycles. The number of carbonyl (C=O) groups excluding carboxylic acids is 2. The Morgan fingerprint density at radius 2 is 1.97 bits per heavy atom. The van der Waals surface area contributed by atoms with Crippen LogP contribution in [0.2, 0.25) is 0 Å². The third kappa shape index (κ3) is 3.88. The van der Waals surface area contributed by atoms with Gasteiger partial charge >= 0.3 is 0 Å². The summed E-state index contributed by atoms with van der Waals surface area (Å²) < 4.78 is 15.1. The van der Waals surface area contributed by atoms with Crippen molar-refractivity contribution in [2.45, 2.75) is 45.2 Å². The molecule has 0 spiro atoms. The molecule has 1 fully saturated rings. The maximum Gasteiger partial charge on any atom is 0.290 e.